The molecule has 0 saturated carbocycles. The van der Waals surface area contributed by atoms with Crippen molar-refractivity contribution in [2.24, 2.45) is 0 Å². The molecule has 1 saturated heterocycles. The molecule has 0 amide bonds. The first kappa shape index (κ1) is 26.5. The smallest absolute Gasteiger partial charge is 0.331 e. The minimum atomic E-state index is -0.751. The van der Waals surface area contributed by atoms with Crippen LogP contribution >= 0.6 is 0 Å². The molecule has 1 fully saturated rings. The van der Waals surface area contributed by atoms with Crippen LogP contribution in [0.25, 0.3) is 11.1 Å². The molecule has 1 atom stereocenters. The zero-order chi connectivity index (χ0) is 27.5. The molecule has 5 rings (SSSR count). The summed E-state index contributed by atoms with van der Waals surface area (Å²) in [5.41, 5.74) is 0.808. The van der Waals surface area contributed by atoms with Crippen molar-refractivity contribution in [3.63, 3.8) is 0 Å². The second kappa shape index (κ2) is 11.3. The highest BCUT2D eigenvalue weighted by Gasteiger charge is 2.28. The van der Waals surface area contributed by atoms with E-state index in [1.165, 1.54) is 22.3 Å². The Morgan fingerprint density at radius 2 is 1.74 bits per heavy atom. The third-order valence-electron chi connectivity index (χ3n) is 7.41. The fraction of sp³-hybridized carbons (Fsp3) is 0.300. The lowest BCUT2D eigenvalue weighted by Gasteiger charge is -2.26. The average molecular weight is 533 g/mol. The van der Waals surface area contributed by atoms with Crippen molar-refractivity contribution >= 4 is 0 Å². The van der Waals surface area contributed by atoms with Gasteiger partial charge < -0.3 is 4.74 Å². The van der Waals surface area contributed by atoms with Gasteiger partial charge in [-0.3, -0.25) is 23.8 Å². The standard InChI is InChI=1S/C30H30F2N4O3/c1-20-28(21-8-5-11-24(16-21)39-2)29(37)36(30(38)35(20)19-25-26(31)12-6-13-27(25)32)18-23-10-7-15-34(23)17-22-9-3-4-14-33-22/h3-6,8-9,11-14,16,23H,7,10,15,17-19H2,1-2H3/t23-/m0/s1. The van der Waals surface area contributed by atoms with Crippen LogP contribution in [0.2, 0.25) is 0 Å². The summed E-state index contributed by atoms with van der Waals surface area (Å²) in [6.07, 6.45) is 3.48. The first-order chi connectivity index (χ1) is 18.9. The lowest BCUT2D eigenvalue weighted by molar-refractivity contribution is 0.217. The topological polar surface area (TPSA) is 69.4 Å². The summed E-state index contributed by atoms with van der Waals surface area (Å²) in [6, 6.07) is 16.3. The first-order valence-electron chi connectivity index (χ1n) is 12.9. The number of methoxy groups -OCH3 is 1. The van der Waals surface area contributed by atoms with Gasteiger partial charge in [0, 0.05) is 36.6 Å². The minimum Gasteiger partial charge on any atom is -0.497 e. The van der Waals surface area contributed by atoms with Crippen molar-refractivity contribution in [1.29, 1.82) is 0 Å². The van der Waals surface area contributed by atoms with Gasteiger partial charge in [0.05, 0.1) is 24.9 Å². The molecule has 0 unspecified atom stereocenters. The number of aromatic nitrogens is 3. The van der Waals surface area contributed by atoms with Gasteiger partial charge in [0.2, 0.25) is 0 Å². The minimum absolute atomic E-state index is 0.0723. The second-order valence-electron chi connectivity index (χ2n) is 9.76. The van der Waals surface area contributed by atoms with E-state index in [1.807, 2.05) is 18.2 Å². The highest BCUT2D eigenvalue weighted by atomic mass is 19.1. The van der Waals surface area contributed by atoms with E-state index in [2.05, 4.69) is 9.88 Å². The number of halogens is 2. The zero-order valence-electron chi connectivity index (χ0n) is 21.9. The van der Waals surface area contributed by atoms with Gasteiger partial charge in [-0.25, -0.2) is 13.6 Å². The summed E-state index contributed by atoms with van der Waals surface area (Å²) in [7, 11) is 1.53. The Labute approximate surface area is 224 Å². The number of nitrogens with zero attached hydrogens (tertiary/aromatic N) is 4. The van der Waals surface area contributed by atoms with Crippen LogP contribution in [0.1, 0.15) is 29.8 Å². The number of hydrogen-bond donors (Lipinski definition) is 0. The van der Waals surface area contributed by atoms with Crippen molar-refractivity contribution < 1.29 is 13.5 Å². The maximum absolute atomic E-state index is 14.6. The molecule has 2 aromatic heterocycles. The molecule has 7 nitrogen and oxygen atoms in total. The summed E-state index contributed by atoms with van der Waals surface area (Å²) < 4.78 is 37.1. The van der Waals surface area contributed by atoms with Gasteiger partial charge in [0.15, 0.2) is 0 Å². The van der Waals surface area contributed by atoms with Crippen LogP contribution in [0.4, 0.5) is 8.78 Å². The van der Waals surface area contributed by atoms with Crippen LogP contribution in [0, 0.1) is 18.6 Å². The van der Waals surface area contributed by atoms with E-state index >= 15 is 0 Å². The monoisotopic (exact) mass is 532 g/mol. The largest absolute Gasteiger partial charge is 0.497 e. The molecule has 9 heteroatoms. The maximum atomic E-state index is 14.6. The molecule has 4 aromatic rings. The molecule has 0 radical (unpaired) electrons. The first-order valence-corrected chi connectivity index (χ1v) is 12.9. The molecular weight excluding hydrogens is 502 g/mol. The molecule has 0 spiro atoms. The molecule has 0 bridgehead atoms. The molecule has 1 aliphatic heterocycles. The van der Waals surface area contributed by atoms with Gasteiger partial charge in [0.25, 0.3) is 5.56 Å². The number of benzene rings is 2. The third kappa shape index (κ3) is 5.40. The molecule has 0 N–H and O–H groups in total. The van der Waals surface area contributed by atoms with Crippen molar-refractivity contribution in [3.05, 3.63) is 116 Å². The van der Waals surface area contributed by atoms with E-state index in [-0.39, 0.29) is 24.7 Å². The quantitative estimate of drug-likeness (QED) is 0.337. The summed E-state index contributed by atoms with van der Waals surface area (Å²) >= 11 is 0. The highest BCUT2D eigenvalue weighted by Crippen LogP contribution is 2.25. The van der Waals surface area contributed by atoms with E-state index in [9.17, 15) is 18.4 Å². The number of ether oxygens (including phenoxy) is 1. The SMILES string of the molecule is COc1cccc(-c2c(C)n(Cc3c(F)cccc3F)c(=O)n(C[C@@H]3CCCN3Cc3ccccn3)c2=O)c1. The molecule has 0 aliphatic carbocycles. The van der Waals surface area contributed by atoms with E-state index in [0.717, 1.165) is 37.2 Å². The Bertz CT molecular complexity index is 1580. The van der Waals surface area contributed by atoms with E-state index in [1.54, 1.807) is 37.4 Å². The molecule has 3 heterocycles. The molecule has 39 heavy (non-hydrogen) atoms. The number of likely N-dealkylation sites (tertiary alicyclic amines) is 1. The molecule has 202 valence electrons. The summed E-state index contributed by atoms with van der Waals surface area (Å²) in [6.45, 7) is 2.86. The van der Waals surface area contributed by atoms with Crippen molar-refractivity contribution in [2.75, 3.05) is 13.7 Å². The van der Waals surface area contributed by atoms with Crippen LogP contribution in [-0.2, 0) is 19.6 Å². The Morgan fingerprint density at radius 1 is 0.974 bits per heavy atom. The average Bonchev–Trinajstić information content (AvgIpc) is 3.37. The van der Waals surface area contributed by atoms with Gasteiger partial charge in [0.1, 0.15) is 17.4 Å². The zero-order valence-corrected chi connectivity index (χ0v) is 21.9. The highest BCUT2D eigenvalue weighted by molar-refractivity contribution is 5.66. The fourth-order valence-corrected chi connectivity index (χ4v) is 5.32. The number of hydrogen-bond acceptors (Lipinski definition) is 5. The summed E-state index contributed by atoms with van der Waals surface area (Å²) in [5.74, 6) is -0.952. The normalized spacial score (nSPS) is 15.5. The Balaban J connectivity index is 1.62. The number of rotatable bonds is 8. The van der Waals surface area contributed by atoms with Crippen LogP contribution in [0.15, 0.2) is 76.4 Å². The predicted molar refractivity (Wildman–Crippen MR) is 145 cm³/mol. The predicted octanol–water partition coefficient (Wildman–Crippen LogP) is 4.38. The lowest BCUT2D eigenvalue weighted by atomic mass is 10.0. The van der Waals surface area contributed by atoms with Gasteiger partial charge in [-0.05, 0) is 68.3 Å². The van der Waals surface area contributed by atoms with Gasteiger partial charge >= 0.3 is 5.69 Å². The van der Waals surface area contributed by atoms with Crippen LogP contribution in [-0.4, -0.2) is 38.7 Å². The third-order valence-corrected chi connectivity index (χ3v) is 7.41. The van der Waals surface area contributed by atoms with E-state index in [0.29, 0.717) is 29.1 Å². The number of pyridine rings is 1. The Morgan fingerprint density at radius 3 is 2.46 bits per heavy atom. The molecule has 2 aromatic carbocycles. The van der Waals surface area contributed by atoms with E-state index in [4.69, 9.17) is 4.74 Å². The fourth-order valence-electron chi connectivity index (χ4n) is 5.32. The van der Waals surface area contributed by atoms with Gasteiger partial charge in [-0.15, -0.1) is 0 Å². The van der Waals surface area contributed by atoms with Gasteiger partial charge in [-0.2, -0.15) is 0 Å². The van der Waals surface area contributed by atoms with Crippen molar-refractivity contribution in [2.45, 2.75) is 45.4 Å². The molecular formula is C30H30F2N4O3. The van der Waals surface area contributed by atoms with Gasteiger partial charge in [-0.1, -0.05) is 24.3 Å². The molecule has 1 aliphatic rings. The van der Waals surface area contributed by atoms with Crippen LogP contribution in [0.3, 0.4) is 0 Å². The lowest BCUT2D eigenvalue weighted by Crippen LogP contribution is -2.46. The van der Waals surface area contributed by atoms with E-state index < -0.39 is 22.9 Å². The summed E-state index contributed by atoms with van der Waals surface area (Å²) in [5, 5.41) is 0. The second-order valence-corrected chi connectivity index (χ2v) is 9.76. The Kier molecular flexibility index (Phi) is 7.70. The van der Waals surface area contributed by atoms with Crippen molar-refractivity contribution in [1.82, 2.24) is 19.0 Å². The Hall–Kier alpha value is -4.11. The van der Waals surface area contributed by atoms with Crippen LogP contribution in [0.5, 0.6) is 5.75 Å². The maximum Gasteiger partial charge on any atom is 0.331 e. The summed E-state index contributed by atoms with van der Waals surface area (Å²) in [4.78, 5) is 34.4. The van der Waals surface area contributed by atoms with Crippen molar-refractivity contribution in [3.8, 4) is 16.9 Å². The van der Waals surface area contributed by atoms with Crippen LogP contribution < -0.4 is 16.0 Å².